The molecule has 0 amide bonds. The number of aliphatic hydroxyl groups excluding tert-OH is 1. The molecule has 1 aliphatic carbocycles. The highest BCUT2D eigenvalue weighted by atomic mass is 32.1. The highest BCUT2D eigenvalue weighted by Crippen LogP contribution is 2.50. The smallest absolute Gasteiger partial charge is 0.209 e. The lowest BCUT2D eigenvalue weighted by atomic mass is 9.72. The van der Waals surface area contributed by atoms with Crippen molar-refractivity contribution in [3.8, 4) is 0 Å². The van der Waals surface area contributed by atoms with E-state index in [0.717, 1.165) is 29.2 Å². The van der Waals surface area contributed by atoms with Gasteiger partial charge in [-0.3, -0.25) is 4.79 Å². The molecule has 4 nitrogen and oxygen atoms in total. The zero-order valence-electron chi connectivity index (χ0n) is 23.6. The Morgan fingerprint density at radius 3 is 2.25 bits per heavy atom. The van der Waals surface area contributed by atoms with Crippen LogP contribution in [0.4, 0.5) is 11.4 Å². The molecule has 3 aromatic carbocycles. The van der Waals surface area contributed by atoms with Crippen LogP contribution >= 0.6 is 12.6 Å². The lowest BCUT2D eigenvalue weighted by Crippen LogP contribution is -2.43. The van der Waals surface area contributed by atoms with E-state index >= 15 is 0 Å². The lowest BCUT2D eigenvalue weighted by Gasteiger charge is -2.36. The first-order valence-electron chi connectivity index (χ1n) is 14.1. The number of β-amino-alcohol motifs (C(OH)–C–C–N with tert-alkyl or cyclic N) is 1. The molecule has 2 aliphatic heterocycles. The lowest BCUT2D eigenvalue weighted by molar-refractivity contribution is -0.441. The second-order valence-electron chi connectivity index (χ2n) is 12.1. The molecule has 3 aliphatic rings. The van der Waals surface area contributed by atoms with Gasteiger partial charge in [-0.15, -0.1) is 0 Å². The summed E-state index contributed by atoms with van der Waals surface area (Å²) < 4.78 is 2.15. The highest BCUT2D eigenvalue weighted by Gasteiger charge is 2.49. The van der Waals surface area contributed by atoms with Crippen molar-refractivity contribution < 1.29 is 14.5 Å². The quantitative estimate of drug-likeness (QED) is 0.214. The van der Waals surface area contributed by atoms with Crippen LogP contribution in [0.5, 0.6) is 0 Å². The molecule has 0 radical (unpaired) electrons. The van der Waals surface area contributed by atoms with Crippen LogP contribution < -0.4 is 4.90 Å². The number of hydrogen-bond acceptors (Lipinski definition) is 4. The summed E-state index contributed by atoms with van der Waals surface area (Å²) in [5.41, 5.74) is 8.41. The second-order valence-corrected chi connectivity index (χ2v) is 12.7. The fourth-order valence-electron chi connectivity index (χ4n) is 6.74. The summed E-state index contributed by atoms with van der Waals surface area (Å²) in [6, 6.07) is 27.4. The highest BCUT2D eigenvalue weighted by molar-refractivity contribution is 7.81. The molecule has 5 heteroatoms. The molecule has 2 atom stereocenters. The Bertz CT molecular complexity index is 1580. The second kappa shape index (κ2) is 9.90. The number of allylic oxidation sites excluding steroid dienone is 3. The molecule has 2 unspecified atom stereocenters. The SMILES string of the molecule is CC1(C)C(/C=C2/C(=O)C(/C=C3\N(Cc4ccccc4)c4ccccc4C3(C)C)C2S)=[N+](CCO)c2ccccc21. The van der Waals surface area contributed by atoms with Crippen LogP contribution in [0.1, 0.15) is 44.4 Å². The van der Waals surface area contributed by atoms with Crippen molar-refractivity contribution in [2.24, 2.45) is 5.92 Å². The third kappa shape index (κ3) is 4.10. The fourth-order valence-corrected chi connectivity index (χ4v) is 7.16. The first kappa shape index (κ1) is 26.8. The first-order valence-corrected chi connectivity index (χ1v) is 14.6. The summed E-state index contributed by atoms with van der Waals surface area (Å²) in [6.45, 7) is 10.1. The Morgan fingerprint density at radius 1 is 0.900 bits per heavy atom. The zero-order chi connectivity index (χ0) is 28.2. The van der Waals surface area contributed by atoms with Crippen molar-refractivity contribution in [2.75, 3.05) is 18.1 Å². The summed E-state index contributed by atoms with van der Waals surface area (Å²) in [6.07, 6.45) is 4.21. The van der Waals surface area contributed by atoms with Crippen LogP contribution in [0.3, 0.4) is 0 Å². The van der Waals surface area contributed by atoms with Gasteiger partial charge in [0.15, 0.2) is 18.0 Å². The Kier molecular flexibility index (Phi) is 6.63. The Labute approximate surface area is 242 Å². The molecular weight excluding hydrogens is 512 g/mol. The van der Waals surface area contributed by atoms with E-state index in [4.69, 9.17) is 12.6 Å². The molecule has 2 heterocycles. The summed E-state index contributed by atoms with van der Waals surface area (Å²) in [5, 5.41) is 9.64. The zero-order valence-corrected chi connectivity index (χ0v) is 24.5. The third-order valence-electron chi connectivity index (χ3n) is 8.98. The van der Waals surface area contributed by atoms with Gasteiger partial charge in [-0.05, 0) is 31.0 Å². The van der Waals surface area contributed by atoms with Crippen LogP contribution in [0.2, 0.25) is 0 Å². The third-order valence-corrected chi connectivity index (χ3v) is 9.58. The summed E-state index contributed by atoms with van der Waals surface area (Å²) in [5.74, 6) is -0.169. The fraction of sp³-hybridized carbons (Fsp3) is 0.314. The Balaban J connectivity index is 1.37. The van der Waals surface area contributed by atoms with Crippen LogP contribution in [-0.4, -0.2) is 39.6 Å². The van der Waals surface area contributed by atoms with Gasteiger partial charge in [0, 0.05) is 51.9 Å². The maximum Gasteiger partial charge on any atom is 0.209 e. The summed E-state index contributed by atoms with van der Waals surface area (Å²) in [7, 11) is 0. The molecule has 0 bridgehead atoms. The topological polar surface area (TPSA) is 43.5 Å². The van der Waals surface area contributed by atoms with Gasteiger partial charge in [-0.1, -0.05) is 86.7 Å². The van der Waals surface area contributed by atoms with Crippen LogP contribution in [0.15, 0.2) is 102 Å². The Morgan fingerprint density at radius 2 is 1.55 bits per heavy atom. The number of anilines is 1. The van der Waals surface area contributed by atoms with Gasteiger partial charge in [0.05, 0.1) is 11.3 Å². The predicted octanol–water partition coefficient (Wildman–Crippen LogP) is 6.36. The van der Waals surface area contributed by atoms with Gasteiger partial charge < -0.3 is 10.0 Å². The minimum Gasteiger partial charge on any atom is -0.390 e. The molecule has 6 rings (SSSR count). The van der Waals surface area contributed by atoms with E-state index in [-0.39, 0.29) is 34.4 Å². The van der Waals surface area contributed by atoms with Crippen molar-refractivity contribution in [2.45, 2.75) is 50.3 Å². The molecule has 0 spiro atoms. The molecule has 0 saturated heterocycles. The predicted molar refractivity (Wildman–Crippen MR) is 166 cm³/mol. The number of fused-ring (bicyclic) bond motifs is 2. The monoisotopic (exact) mass is 549 g/mol. The molecular formula is C35H37N2O2S+. The number of rotatable bonds is 6. The molecule has 1 saturated carbocycles. The standard InChI is InChI=1S/C35H36N2O2S/c1-34(2)26-14-8-10-16-28(26)36(18-19-38)30(34)20-24-32(39)25(33(24)40)21-31-35(3,4)27-15-9-11-17-29(27)37(31)22-23-12-6-5-7-13-23/h5-17,20-21,25,33,38H,18-19,22H2,1-4H3/p+1/b24-20-,31-21-. The number of Topliss-reactive ketones (excluding diaryl/α,β-unsaturated/α-hetero) is 1. The molecule has 40 heavy (non-hydrogen) atoms. The van der Waals surface area contributed by atoms with Gasteiger partial charge in [0.25, 0.3) is 0 Å². The van der Waals surface area contributed by atoms with Crippen LogP contribution in [0, 0.1) is 5.92 Å². The van der Waals surface area contributed by atoms with Gasteiger partial charge in [-0.25, -0.2) is 0 Å². The molecule has 0 aromatic heterocycles. The number of benzene rings is 3. The molecule has 204 valence electrons. The maximum atomic E-state index is 13.8. The number of hydrogen-bond donors (Lipinski definition) is 2. The average molecular weight is 550 g/mol. The summed E-state index contributed by atoms with van der Waals surface area (Å²) in [4.78, 5) is 16.2. The van der Waals surface area contributed by atoms with Crippen LogP contribution in [0.25, 0.3) is 0 Å². The van der Waals surface area contributed by atoms with Gasteiger partial charge in [-0.2, -0.15) is 17.2 Å². The van der Waals surface area contributed by atoms with Gasteiger partial charge >= 0.3 is 0 Å². The van der Waals surface area contributed by atoms with E-state index in [9.17, 15) is 9.90 Å². The Hall–Kier alpha value is -3.41. The number of carbonyl (C=O) groups is 1. The number of carbonyl (C=O) groups excluding carboxylic acids is 1. The van der Waals surface area contributed by atoms with Gasteiger partial charge in [0.1, 0.15) is 6.61 Å². The van der Waals surface area contributed by atoms with Crippen molar-refractivity contribution in [1.82, 2.24) is 0 Å². The number of nitrogens with zero attached hydrogens (tertiary/aromatic N) is 2. The number of aliphatic hydroxyl groups is 1. The first-order chi connectivity index (χ1) is 19.2. The normalized spacial score (nSPS) is 24.4. The molecule has 1 N–H and O–H groups in total. The van der Waals surface area contributed by atoms with E-state index in [1.807, 2.05) is 18.2 Å². The van der Waals surface area contributed by atoms with Crippen molar-refractivity contribution in [3.63, 3.8) is 0 Å². The van der Waals surface area contributed by atoms with E-state index in [1.54, 1.807) is 0 Å². The minimum absolute atomic E-state index is 0.0386. The van der Waals surface area contributed by atoms with Crippen molar-refractivity contribution in [1.29, 1.82) is 0 Å². The minimum atomic E-state index is -0.296. The number of para-hydroxylation sites is 2. The van der Waals surface area contributed by atoms with E-state index in [2.05, 4.69) is 110 Å². The maximum absolute atomic E-state index is 13.8. The molecule has 3 aromatic rings. The van der Waals surface area contributed by atoms with E-state index in [0.29, 0.717) is 6.54 Å². The molecule has 1 fully saturated rings. The number of thiol groups is 1. The number of ketones is 1. The van der Waals surface area contributed by atoms with Crippen LogP contribution in [-0.2, 0) is 22.2 Å². The van der Waals surface area contributed by atoms with E-state index in [1.165, 1.54) is 22.4 Å². The van der Waals surface area contributed by atoms with E-state index < -0.39 is 0 Å². The van der Waals surface area contributed by atoms with Gasteiger partial charge in [0.2, 0.25) is 5.69 Å². The average Bonchev–Trinajstić information content (AvgIpc) is 3.30. The van der Waals surface area contributed by atoms with Crippen molar-refractivity contribution in [3.05, 3.63) is 119 Å². The largest absolute Gasteiger partial charge is 0.390 e. The van der Waals surface area contributed by atoms with Crippen molar-refractivity contribution >= 4 is 35.5 Å². The summed E-state index contributed by atoms with van der Waals surface area (Å²) >= 11 is 4.99.